The highest BCUT2D eigenvalue weighted by Gasteiger charge is 2.10. The summed E-state index contributed by atoms with van der Waals surface area (Å²) in [5.74, 6) is -0.125. The highest BCUT2D eigenvalue weighted by Crippen LogP contribution is 2.26. The van der Waals surface area contributed by atoms with Gasteiger partial charge < -0.3 is 5.32 Å². The number of hydrogen-bond donors (Lipinski definition) is 1. The molecule has 0 aromatic heterocycles. The lowest BCUT2D eigenvalue weighted by molar-refractivity contribution is -0.115. The summed E-state index contributed by atoms with van der Waals surface area (Å²) in [6.07, 6.45) is 0.189. The Kier molecular flexibility index (Phi) is 5.08. The van der Waals surface area contributed by atoms with Crippen molar-refractivity contribution in [1.29, 1.82) is 0 Å². The molecule has 0 saturated heterocycles. The number of nitrogens with one attached hydrogen (secondary N) is 1. The van der Waals surface area contributed by atoms with Crippen molar-refractivity contribution in [2.45, 2.75) is 13.3 Å². The molecule has 0 aliphatic heterocycles. The van der Waals surface area contributed by atoms with Gasteiger partial charge in [0.1, 0.15) is 0 Å². The van der Waals surface area contributed by atoms with E-state index in [0.29, 0.717) is 15.6 Å². The average Bonchev–Trinajstić information content (AvgIpc) is 2.38. The van der Waals surface area contributed by atoms with Gasteiger partial charge in [-0.3, -0.25) is 4.79 Å². The predicted octanol–water partition coefficient (Wildman–Crippen LogP) is 5.25. The maximum absolute atomic E-state index is 12.1. The van der Waals surface area contributed by atoms with Crippen LogP contribution in [0.15, 0.2) is 40.9 Å². The van der Waals surface area contributed by atoms with Gasteiger partial charge in [-0.15, -0.1) is 0 Å². The summed E-state index contributed by atoms with van der Waals surface area (Å²) in [5, 5.41) is 3.75. The number of rotatable bonds is 3. The number of carbonyl (C=O) groups excluding carboxylic acids is 1. The van der Waals surface area contributed by atoms with Crippen molar-refractivity contribution >= 4 is 50.7 Å². The predicted molar refractivity (Wildman–Crippen MR) is 87.7 cm³/mol. The Labute approximate surface area is 136 Å². The van der Waals surface area contributed by atoms with Gasteiger partial charge in [0, 0.05) is 10.2 Å². The van der Waals surface area contributed by atoms with E-state index in [-0.39, 0.29) is 12.3 Å². The van der Waals surface area contributed by atoms with Crippen LogP contribution in [-0.4, -0.2) is 5.91 Å². The molecule has 20 heavy (non-hydrogen) atoms. The highest BCUT2D eigenvalue weighted by molar-refractivity contribution is 9.10. The zero-order chi connectivity index (χ0) is 14.7. The molecule has 0 unspecified atom stereocenters. The van der Waals surface area contributed by atoms with Crippen LogP contribution in [0.25, 0.3) is 0 Å². The molecular formula is C15H12BrCl2NO. The van der Waals surface area contributed by atoms with Gasteiger partial charge in [0.25, 0.3) is 0 Å². The first kappa shape index (κ1) is 15.4. The van der Waals surface area contributed by atoms with Crippen molar-refractivity contribution < 1.29 is 4.79 Å². The topological polar surface area (TPSA) is 29.1 Å². The Morgan fingerprint density at radius 2 is 2.00 bits per heavy atom. The Morgan fingerprint density at radius 3 is 2.70 bits per heavy atom. The van der Waals surface area contributed by atoms with E-state index in [4.69, 9.17) is 23.2 Å². The van der Waals surface area contributed by atoms with Crippen LogP contribution < -0.4 is 5.32 Å². The molecule has 0 fully saturated rings. The monoisotopic (exact) mass is 371 g/mol. The fourth-order valence-corrected chi connectivity index (χ4v) is 2.68. The summed E-state index contributed by atoms with van der Waals surface area (Å²) < 4.78 is 0.978. The van der Waals surface area contributed by atoms with E-state index in [9.17, 15) is 4.79 Å². The number of hydrogen-bond acceptors (Lipinski definition) is 1. The Bertz CT molecular complexity index is 658. The van der Waals surface area contributed by atoms with Crippen molar-refractivity contribution in [2.75, 3.05) is 5.32 Å². The number of halogens is 3. The normalized spacial score (nSPS) is 10.4. The molecule has 0 radical (unpaired) electrons. The van der Waals surface area contributed by atoms with Crippen molar-refractivity contribution in [3.05, 3.63) is 62.0 Å². The quantitative estimate of drug-likeness (QED) is 0.783. The molecule has 104 valence electrons. The van der Waals surface area contributed by atoms with Gasteiger partial charge in [-0.25, -0.2) is 0 Å². The molecule has 0 aliphatic rings. The Morgan fingerprint density at radius 1 is 1.25 bits per heavy atom. The fourth-order valence-electron chi connectivity index (χ4n) is 1.82. The summed E-state index contributed by atoms with van der Waals surface area (Å²) in [4.78, 5) is 12.1. The maximum atomic E-state index is 12.1. The fraction of sp³-hybridized carbons (Fsp3) is 0.133. The van der Waals surface area contributed by atoms with Gasteiger partial charge in [-0.1, -0.05) is 51.3 Å². The van der Waals surface area contributed by atoms with Crippen molar-refractivity contribution in [3.63, 3.8) is 0 Å². The van der Waals surface area contributed by atoms with Crippen LogP contribution in [-0.2, 0) is 11.2 Å². The molecule has 2 aromatic carbocycles. The third kappa shape index (κ3) is 3.75. The maximum Gasteiger partial charge on any atom is 0.228 e. The zero-order valence-corrected chi connectivity index (χ0v) is 13.8. The second-order valence-corrected chi connectivity index (χ2v) is 6.10. The van der Waals surface area contributed by atoms with E-state index in [0.717, 1.165) is 15.7 Å². The van der Waals surface area contributed by atoms with Crippen LogP contribution in [0.4, 0.5) is 5.69 Å². The zero-order valence-electron chi connectivity index (χ0n) is 10.7. The second-order valence-electron chi connectivity index (χ2n) is 4.40. The lowest BCUT2D eigenvalue weighted by Crippen LogP contribution is -2.15. The van der Waals surface area contributed by atoms with Gasteiger partial charge in [0.05, 0.1) is 16.5 Å². The molecule has 2 aromatic rings. The highest BCUT2D eigenvalue weighted by atomic mass is 79.9. The first-order valence-corrected chi connectivity index (χ1v) is 7.51. The van der Waals surface area contributed by atoms with Gasteiger partial charge in [0.15, 0.2) is 0 Å². The van der Waals surface area contributed by atoms with Gasteiger partial charge >= 0.3 is 0 Å². The summed E-state index contributed by atoms with van der Waals surface area (Å²) in [6, 6.07) is 11.0. The number of benzene rings is 2. The summed E-state index contributed by atoms with van der Waals surface area (Å²) in [7, 11) is 0. The minimum absolute atomic E-state index is 0.125. The molecule has 5 heteroatoms. The molecule has 0 bridgehead atoms. The van der Waals surface area contributed by atoms with Gasteiger partial charge in [-0.05, 0) is 42.3 Å². The number of anilines is 1. The summed E-state index contributed by atoms with van der Waals surface area (Å²) >= 11 is 15.4. The van der Waals surface area contributed by atoms with Crippen LogP contribution in [0.3, 0.4) is 0 Å². The van der Waals surface area contributed by atoms with Gasteiger partial charge in [0.2, 0.25) is 5.91 Å². The number of carbonyl (C=O) groups is 1. The molecule has 0 heterocycles. The molecule has 0 spiro atoms. The standard InChI is InChI=1S/C15H12BrCl2NO/c1-9-7-11(16)5-6-13(9)19-14(20)8-10-3-2-4-12(17)15(10)18/h2-7H,8H2,1H3,(H,19,20). The van der Waals surface area contributed by atoms with E-state index in [2.05, 4.69) is 21.2 Å². The van der Waals surface area contributed by atoms with E-state index in [1.54, 1.807) is 18.2 Å². The average molecular weight is 373 g/mol. The lowest BCUT2D eigenvalue weighted by atomic mass is 10.1. The van der Waals surface area contributed by atoms with Crippen LogP contribution in [0.1, 0.15) is 11.1 Å². The lowest BCUT2D eigenvalue weighted by Gasteiger charge is -2.10. The smallest absolute Gasteiger partial charge is 0.228 e. The van der Waals surface area contributed by atoms with Crippen molar-refractivity contribution in [2.24, 2.45) is 0 Å². The van der Waals surface area contributed by atoms with E-state index < -0.39 is 0 Å². The van der Waals surface area contributed by atoms with Crippen LogP contribution >= 0.6 is 39.1 Å². The molecule has 0 atom stereocenters. The van der Waals surface area contributed by atoms with Crippen LogP contribution in [0.5, 0.6) is 0 Å². The number of amides is 1. The largest absolute Gasteiger partial charge is 0.326 e. The van der Waals surface area contributed by atoms with Crippen LogP contribution in [0.2, 0.25) is 10.0 Å². The molecular weight excluding hydrogens is 361 g/mol. The van der Waals surface area contributed by atoms with Crippen molar-refractivity contribution in [3.8, 4) is 0 Å². The van der Waals surface area contributed by atoms with Crippen LogP contribution in [0, 0.1) is 6.92 Å². The van der Waals surface area contributed by atoms with E-state index in [1.165, 1.54) is 0 Å². The first-order chi connectivity index (χ1) is 9.47. The Balaban J connectivity index is 2.11. The minimum Gasteiger partial charge on any atom is -0.326 e. The van der Waals surface area contributed by atoms with Crippen molar-refractivity contribution in [1.82, 2.24) is 0 Å². The van der Waals surface area contributed by atoms with E-state index >= 15 is 0 Å². The van der Waals surface area contributed by atoms with Gasteiger partial charge in [-0.2, -0.15) is 0 Å². The number of aryl methyl sites for hydroxylation is 1. The molecule has 1 N–H and O–H groups in total. The molecule has 1 amide bonds. The summed E-state index contributed by atoms with van der Waals surface area (Å²) in [5.41, 5.74) is 2.49. The van der Waals surface area contributed by atoms with E-state index in [1.807, 2.05) is 25.1 Å². The molecule has 2 rings (SSSR count). The molecule has 2 nitrogen and oxygen atoms in total. The SMILES string of the molecule is Cc1cc(Br)ccc1NC(=O)Cc1cccc(Cl)c1Cl. The molecule has 0 saturated carbocycles. The third-order valence-electron chi connectivity index (χ3n) is 2.85. The summed E-state index contributed by atoms with van der Waals surface area (Å²) in [6.45, 7) is 1.94. The Hall–Kier alpha value is -1.03. The molecule has 0 aliphatic carbocycles. The first-order valence-electron chi connectivity index (χ1n) is 5.96. The second kappa shape index (κ2) is 6.61. The third-order valence-corrected chi connectivity index (χ3v) is 4.20. The minimum atomic E-state index is -0.125.